The lowest BCUT2D eigenvalue weighted by Crippen LogP contribution is -2.35. The Morgan fingerprint density at radius 3 is 3.00 bits per heavy atom. The average Bonchev–Trinajstić information content (AvgIpc) is 2.87. The lowest BCUT2D eigenvalue weighted by Gasteiger charge is -2.36. The molecule has 5 heteroatoms. The Morgan fingerprint density at radius 1 is 1.58 bits per heavy atom. The van der Waals surface area contributed by atoms with Gasteiger partial charge in [-0.2, -0.15) is 4.98 Å². The lowest BCUT2D eigenvalue weighted by atomic mass is 9.78. The Morgan fingerprint density at radius 2 is 2.37 bits per heavy atom. The fraction of sp³-hybridized carbons (Fsp3) is 0.857. The number of methoxy groups -OCH3 is 1. The molecule has 0 bridgehead atoms. The standard InChI is InChI=1S/C14H25N3O2/c1-10-5-4-6-14(8-10,18-3)13-16-12(19-17-13)7-11(2)9-15/h10-11H,4-9,15H2,1-3H3. The first kappa shape index (κ1) is 14.5. The molecule has 1 aromatic heterocycles. The van der Waals surface area contributed by atoms with Crippen LogP contribution in [0.5, 0.6) is 0 Å². The molecule has 3 atom stereocenters. The van der Waals surface area contributed by atoms with Crippen molar-refractivity contribution in [1.29, 1.82) is 0 Å². The molecule has 1 fully saturated rings. The number of nitrogens with two attached hydrogens (primary N) is 1. The molecule has 0 aromatic carbocycles. The van der Waals surface area contributed by atoms with Crippen molar-refractivity contribution < 1.29 is 9.26 Å². The maximum atomic E-state index is 5.77. The molecule has 5 nitrogen and oxygen atoms in total. The van der Waals surface area contributed by atoms with Gasteiger partial charge in [-0.25, -0.2) is 0 Å². The molecule has 1 aliphatic rings. The van der Waals surface area contributed by atoms with Gasteiger partial charge in [0.05, 0.1) is 0 Å². The van der Waals surface area contributed by atoms with Crippen molar-refractivity contribution in [3.05, 3.63) is 11.7 Å². The highest BCUT2D eigenvalue weighted by Crippen LogP contribution is 2.41. The zero-order valence-corrected chi connectivity index (χ0v) is 12.2. The van der Waals surface area contributed by atoms with E-state index < -0.39 is 0 Å². The van der Waals surface area contributed by atoms with E-state index in [0.717, 1.165) is 25.7 Å². The highest BCUT2D eigenvalue weighted by atomic mass is 16.5. The van der Waals surface area contributed by atoms with Crippen LogP contribution in [0.3, 0.4) is 0 Å². The van der Waals surface area contributed by atoms with E-state index in [0.29, 0.717) is 30.1 Å². The SMILES string of the molecule is COC1(c2noc(CC(C)CN)n2)CCCC(C)C1. The van der Waals surface area contributed by atoms with E-state index in [1.807, 2.05) is 0 Å². The first-order valence-corrected chi connectivity index (χ1v) is 7.18. The van der Waals surface area contributed by atoms with Crippen molar-refractivity contribution >= 4 is 0 Å². The van der Waals surface area contributed by atoms with Gasteiger partial charge in [0.1, 0.15) is 5.60 Å². The van der Waals surface area contributed by atoms with Crippen LogP contribution in [0.2, 0.25) is 0 Å². The normalized spacial score (nSPS) is 29.4. The molecule has 2 N–H and O–H groups in total. The molecule has 1 aliphatic carbocycles. The number of aromatic nitrogens is 2. The van der Waals surface area contributed by atoms with Crippen molar-refractivity contribution in [2.45, 2.75) is 51.6 Å². The second-order valence-corrected chi connectivity index (χ2v) is 5.96. The molecule has 1 saturated carbocycles. The summed E-state index contributed by atoms with van der Waals surface area (Å²) < 4.78 is 11.1. The van der Waals surface area contributed by atoms with E-state index in [-0.39, 0.29) is 5.60 Å². The van der Waals surface area contributed by atoms with Crippen molar-refractivity contribution in [2.24, 2.45) is 17.6 Å². The summed E-state index contributed by atoms with van der Waals surface area (Å²) in [4.78, 5) is 4.54. The van der Waals surface area contributed by atoms with Gasteiger partial charge < -0.3 is 15.0 Å². The summed E-state index contributed by atoms with van der Waals surface area (Å²) in [7, 11) is 1.75. The van der Waals surface area contributed by atoms with Crippen LogP contribution in [0.25, 0.3) is 0 Å². The fourth-order valence-corrected chi connectivity index (χ4v) is 2.89. The third-order valence-corrected chi connectivity index (χ3v) is 4.15. The topological polar surface area (TPSA) is 74.2 Å². The van der Waals surface area contributed by atoms with E-state index in [4.69, 9.17) is 15.0 Å². The van der Waals surface area contributed by atoms with Gasteiger partial charge in [-0.1, -0.05) is 25.4 Å². The van der Waals surface area contributed by atoms with Gasteiger partial charge >= 0.3 is 0 Å². The maximum Gasteiger partial charge on any atom is 0.227 e. The fourth-order valence-electron chi connectivity index (χ4n) is 2.89. The molecule has 0 radical (unpaired) electrons. The van der Waals surface area contributed by atoms with Gasteiger partial charge in [-0.3, -0.25) is 0 Å². The van der Waals surface area contributed by atoms with Crippen LogP contribution in [-0.2, 0) is 16.8 Å². The predicted molar refractivity (Wildman–Crippen MR) is 72.5 cm³/mol. The number of hydrogen-bond acceptors (Lipinski definition) is 5. The molecule has 0 amide bonds. The third-order valence-electron chi connectivity index (χ3n) is 4.15. The average molecular weight is 267 g/mol. The van der Waals surface area contributed by atoms with Gasteiger partial charge in [0.25, 0.3) is 0 Å². The smallest absolute Gasteiger partial charge is 0.227 e. The molecular formula is C14H25N3O2. The largest absolute Gasteiger partial charge is 0.370 e. The number of ether oxygens (including phenoxy) is 1. The summed E-state index contributed by atoms with van der Waals surface area (Å²) >= 11 is 0. The maximum absolute atomic E-state index is 5.77. The van der Waals surface area contributed by atoms with Crippen LogP contribution >= 0.6 is 0 Å². The highest BCUT2D eigenvalue weighted by Gasteiger charge is 2.40. The summed E-state index contributed by atoms with van der Waals surface area (Å²) in [6.45, 7) is 4.97. The summed E-state index contributed by atoms with van der Waals surface area (Å²) in [5.74, 6) is 2.37. The second kappa shape index (κ2) is 6.01. The molecule has 108 valence electrons. The minimum atomic E-state index is -0.356. The molecular weight excluding hydrogens is 242 g/mol. The lowest BCUT2D eigenvalue weighted by molar-refractivity contribution is -0.0658. The molecule has 3 unspecified atom stereocenters. The van der Waals surface area contributed by atoms with Crippen molar-refractivity contribution in [3.8, 4) is 0 Å². The van der Waals surface area contributed by atoms with Crippen LogP contribution in [0.15, 0.2) is 4.52 Å². The van der Waals surface area contributed by atoms with Crippen LogP contribution in [0.4, 0.5) is 0 Å². The Labute approximate surface area is 114 Å². The zero-order chi connectivity index (χ0) is 13.9. The van der Waals surface area contributed by atoms with Crippen LogP contribution in [0.1, 0.15) is 51.2 Å². The van der Waals surface area contributed by atoms with Crippen LogP contribution in [0, 0.1) is 11.8 Å². The summed E-state index contributed by atoms with van der Waals surface area (Å²) in [5.41, 5.74) is 5.27. The Hall–Kier alpha value is -0.940. The van der Waals surface area contributed by atoms with Gasteiger partial charge in [-0.05, 0) is 37.6 Å². The molecule has 1 aromatic rings. The van der Waals surface area contributed by atoms with Gasteiger partial charge in [0.2, 0.25) is 11.7 Å². The third kappa shape index (κ3) is 3.15. The summed E-state index contributed by atoms with van der Waals surface area (Å²) in [6, 6.07) is 0. The molecule has 0 saturated heterocycles. The van der Waals surface area contributed by atoms with E-state index in [2.05, 4.69) is 24.0 Å². The highest BCUT2D eigenvalue weighted by molar-refractivity contribution is 5.04. The van der Waals surface area contributed by atoms with E-state index in [9.17, 15) is 0 Å². The monoisotopic (exact) mass is 267 g/mol. The first-order valence-electron chi connectivity index (χ1n) is 7.18. The zero-order valence-electron chi connectivity index (χ0n) is 12.2. The quantitative estimate of drug-likeness (QED) is 0.885. The molecule has 0 spiro atoms. The van der Waals surface area contributed by atoms with Crippen molar-refractivity contribution in [3.63, 3.8) is 0 Å². The Bertz CT molecular complexity index is 407. The molecule has 1 heterocycles. The predicted octanol–water partition coefficient (Wildman–Crippen LogP) is 2.26. The van der Waals surface area contributed by atoms with E-state index in [1.54, 1.807) is 7.11 Å². The first-order chi connectivity index (χ1) is 9.09. The van der Waals surface area contributed by atoms with Gasteiger partial charge in [0.15, 0.2) is 0 Å². The van der Waals surface area contributed by atoms with Crippen LogP contribution < -0.4 is 5.73 Å². The Balaban J connectivity index is 2.15. The van der Waals surface area contributed by atoms with Crippen molar-refractivity contribution in [2.75, 3.05) is 13.7 Å². The number of nitrogens with zero attached hydrogens (tertiary/aromatic N) is 2. The number of hydrogen-bond donors (Lipinski definition) is 1. The molecule has 2 rings (SSSR count). The van der Waals surface area contributed by atoms with Gasteiger partial charge in [-0.15, -0.1) is 0 Å². The van der Waals surface area contributed by atoms with Crippen LogP contribution in [-0.4, -0.2) is 23.8 Å². The molecule has 0 aliphatic heterocycles. The van der Waals surface area contributed by atoms with Gasteiger partial charge in [0, 0.05) is 13.5 Å². The Kier molecular flexibility index (Phi) is 4.58. The summed E-state index contributed by atoms with van der Waals surface area (Å²) in [5, 5.41) is 4.15. The minimum absolute atomic E-state index is 0.356. The number of rotatable bonds is 5. The minimum Gasteiger partial charge on any atom is -0.370 e. The summed E-state index contributed by atoms with van der Waals surface area (Å²) in [6.07, 6.45) is 5.07. The molecule has 19 heavy (non-hydrogen) atoms. The van der Waals surface area contributed by atoms with E-state index in [1.165, 1.54) is 6.42 Å². The second-order valence-electron chi connectivity index (χ2n) is 5.96. The van der Waals surface area contributed by atoms with Crippen molar-refractivity contribution in [1.82, 2.24) is 10.1 Å². The van der Waals surface area contributed by atoms with E-state index >= 15 is 0 Å².